The lowest BCUT2D eigenvalue weighted by molar-refractivity contribution is 0.00587. The third kappa shape index (κ3) is 5.71. The van der Waals surface area contributed by atoms with Gasteiger partial charge in [0.1, 0.15) is 12.4 Å². The molecule has 2 unspecified atom stereocenters. The van der Waals surface area contributed by atoms with E-state index in [1.807, 2.05) is 48.5 Å². The molecule has 0 spiro atoms. The maximum absolute atomic E-state index is 12.0. The summed E-state index contributed by atoms with van der Waals surface area (Å²) in [5.74, 6) is 0.664. The Balaban J connectivity index is 1.90. The normalized spacial score (nSPS) is 13.3. The average Bonchev–Trinajstić information content (AvgIpc) is 2.75. The van der Waals surface area contributed by atoms with Crippen LogP contribution >= 0.6 is 15.9 Å². The van der Waals surface area contributed by atoms with Crippen LogP contribution in [-0.2, 0) is 11.3 Å². The van der Waals surface area contributed by atoms with Crippen molar-refractivity contribution in [2.75, 3.05) is 5.33 Å². The maximum atomic E-state index is 12.0. The second-order valence-electron chi connectivity index (χ2n) is 7.27. The number of hydrogen-bond donors (Lipinski definition) is 1. The first-order valence-corrected chi connectivity index (χ1v) is 11.3. The average molecular weight is 458 g/mol. The lowest BCUT2D eigenvalue weighted by Crippen LogP contribution is -2.16. The molecule has 2 atom stereocenters. The minimum Gasteiger partial charge on any atom is -0.487 e. The van der Waals surface area contributed by atoms with Crippen molar-refractivity contribution in [2.45, 2.75) is 51.9 Å². The van der Waals surface area contributed by atoms with Gasteiger partial charge < -0.3 is 14.5 Å². The molecule has 29 heavy (non-hydrogen) atoms. The first-order chi connectivity index (χ1) is 14.1. The van der Waals surface area contributed by atoms with Gasteiger partial charge in [0.15, 0.2) is 0 Å². The summed E-state index contributed by atoms with van der Waals surface area (Å²) in [7, 11) is 0. The second-order valence-corrected chi connectivity index (χ2v) is 7.92. The van der Waals surface area contributed by atoms with Gasteiger partial charge in [-0.25, -0.2) is 0 Å². The quantitative estimate of drug-likeness (QED) is 0.372. The van der Waals surface area contributed by atoms with Crippen molar-refractivity contribution < 1.29 is 9.47 Å². The summed E-state index contributed by atoms with van der Waals surface area (Å²) < 4.78 is 12.4. The Morgan fingerprint density at radius 2 is 1.86 bits per heavy atom. The smallest absolute Gasteiger partial charge is 0.248 e. The summed E-state index contributed by atoms with van der Waals surface area (Å²) >= 11 is 3.60. The van der Waals surface area contributed by atoms with Crippen LogP contribution < -0.4 is 10.3 Å². The van der Waals surface area contributed by atoms with E-state index in [0.29, 0.717) is 23.2 Å². The van der Waals surface area contributed by atoms with E-state index in [-0.39, 0.29) is 17.8 Å². The van der Waals surface area contributed by atoms with E-state index in [2.05, 4.69) is 34.8 Å². The van der Waals surface area contributed by atoms with E-state index < -0.39 is 0 Å². The van der Waals surface area contributed by atoms with E-state index >= 15 is 0 Å². The molecule has 0 saturated carbocycles. The van der Waals surface area contributed by atoms with E-state index in [1.54, 1.807) is 6.07 Å². The third-order valence-electron chi connectivity index (χ3n) is 4.98. The molecule has 0 aliphatic carbocycles. The van der Waals surface area contributed by atoms with Crippen molar-refractivity contribution in [1.29, 1.82) is 0 Å². The first kappa shape index (κ1) is 21.6. The number of aromatic amines is 1. The summed E-state index contributed by atoms with van der Waals surface area (Å²) in [6.45, 7) is 4.75. The van der Waals surface area contributed by atoms with E-state index in [9.17, 15) is 4.79 Å². The minimum atomic E-state index is -0.146. The first-order valence-electron chi connectivity index (χ1n) is 10.2. The van der Waals surface area contributed by atoms with E-state index in [1.165, 1.54) is 0 Å². The lowest BCUT2D eigenvalue weighted by atomic mass is 10.0. The van der Waals surface area contributed by atoms with Gasteiger partial charge in [-0.3, -0.25) is 4.79 Å². The zero-order chi connectivity index (χ0) is 20.6. The van der Waals surface area contributed by atoms with Gasteiger partial charge in [0.25, 0.3) is 0 Å². The van der Waals surface area contributed by atoms with E-state index in [0.717, 1.165) is 35.8 Å². The molecule has 3 aromatic rings. The molecule has 0 amide bonds. The molecule has 2 aromatic carbocycles. The Morgan fingerprint density at radius 1 is 1.07 bits per heavy atom. The molecule has 1 N–H and O–H groups in total. The second kappa shape index (κ2) is 10.6. The number of unbranched alkanes of at least 4 members (excludes halogenated alkanes) is 1. The Bertz CT molecular complexity index is 971. The van der Waals surface area contributed by atoms with Crippen molar-refractivity contribution in [1.82, 2.24) is 4.98 Å². The van der Waals surface area contributed by atoms with Crippen LogP contribution in [0.15, 0.2) is 59.4 Å². The number of fused-ring (bicyclic) bond motifs is 1. The van der Waals surface area contributed by atoms with Crippen LogP contribution in [0.25, 0.3) is 10.9 Å². The fourth-order valence-electron chi connectivity index (χ4n) is 3.42. The fourth-order valence-corrected chi connectivity index (χ4v) is 3.92. The van der Waals surface area contributed by atoms with Gasteiger partial charge in [-0.2, -0.15) is 0 Å². The number of alkyl halides is 1. The number of pyridine rings is 1. The van der Waals surface area contributed by atoms with Gasteiger partial charge in [0.05, 0.1) is 17.7 Å². The van der Waals surface area contributed by atoms with Crippen LogP contribution in [-0.4, -0.2) is 16.4 Å². The van der Waals surface area contributed by atoms with Gasteiger partial charge in [0, 0.05) is 16.8 Å². The molecule has 0 bridgehead atoms. The molecule has 0 aliphatic heterocycles. The summed E-state index contributed by atoms with van der Waals surface area (Å²) in [6.07, 6.45) is 3.41. The molecular weight excluding hydrogens is 430 g/mol. The molecule has 0 radical (unpaired) electrons. The van der Waals surface area contributed by atoms with Crippen LogP contribution in [0.1, 0.15) is 50.3 Å². The Labute approximate surface area is 180 Å². The molecular formula is C24H28BrNO3. The van der Waals surface area contributed by atoms with Crippen LogP contribution in [0.3, 0.4) is 0 Å². The van der Waals surface area contributed by atoms with Crippen molar-refractivity contribution >= 4 is 26.8 Å². The topological polar surface area (TPSA) is 51.3 Å². The van der Waals surface area contributed by atoms with Gasteiger partial charge in [-0.1, -0.05) is 72.1 Å². The van der Waals surface area contributed by atoms with Gasteiger partial charge in [-0.05, 0) is 36.6 Å². The SMILES string of the molecule is CCCCC(C)OC(CBr)c1ccc(OCc2ccccc2)c2[nH]c(=O)ccc12. The van der Waals surface area contributed by atoms with Crippen molar-refractivity contribution in [3.63, 3.8) is 0 Å². The molecule has 0 fully saturated rings. The Hall–Kier alpha value is -2.11. The van der Waals surface area contributed by atoms with Gasteiger partial charge in [-0.15, -0.1) is 0 Å². The number of nitrogens with one attached hydrogen (secondary N) is 1. The number of H-pyrrole nitrogens is 1. The number of hydrogen-bond acceptors (Lipinski definition) is 3. The molecule has 1 heterocycles. The van der Waals surface area contributed by atoms with E-state index in [4.69, 9.17) is 9.47 Å². The molecule has 154 valence electrons. The van der Waals surface area contributed by atoms with Gasteiger partial charge >= 0.3 is 0 Å². The number of ether oxygens (including phenoxy) is 2. The molecule has 1 aromatic heterocycles. The van der Waals surface area contributed by atoms with Crippen LogP contribution in [0.2, 0.25) is 0 Å². The maximum Gasteiger partial charge on any atom is 0.248 e. The summed E-state index contributed by atoms with van der Waals surface area (Å²) in [5, 5.41) is 1.63. The zero-order valence-corrected chi connectivity index (χ0v) is 18.6. The molecule has 3 rings (SSSR count). The highest BCUT2D eigenvalue weighted by Gasteiger charge is 2.19. The largest absolute Gasteiger partial charge is 0.487 e. The number of aromatic nitrogens is 1. The summed E-state index contributed by atoms with van der Waals surface area (Å²) in [5.41, 5.74) is 2.69. The monoisotopic (exact) mass is 457 g/mol. The lowest BCUT2D eigenvalue weighted by Gasteiger charge is -2.23. The van der Waals surface area contributed by atoms with Crippen LogP contribution in [0.4, 0.5) is 0 Å². The summed E-state index contributed by atoms with van der Waals surface area (Å²) in [4.78, 5) is 15.0. The standard InChI is InChI=1S/C24H28BrNO3/c1-3-4-8-17(2)29-22(15-25)19-11-13-21(24-20(19)12-14-23(27)26-24)28-16-18-9-6-5-7-10-18/h5-7,9-14,17,22H,3-4,8,15-16H2,1-2H3,(H,26,27). The number of rotatable bonds is 10. The Kier molecular flexibility index (Phi) is 7.90. The molecule has 5 heteroatoms. The highest BCUT2D eigenvalue weighted by atomic mass is 79.9. The highest BCUT2D eigenvalue weighted by molar-refractivity contribution is 9.09. The minimum absolute atomic E-state index is 0.0987. The Morgan fingerprint density at radius 3 is 2.59 bits per heavy atom. The summed E-state index contributed by atoms with van der Waals surface area (Å²) in [6, 6.07) is 17.4. The number of halogens is 1. The zero-order valence-electron chi connectivity index (χ0n) is 17.0. The molecule has 0 saturated heterocycles. The third-order valence-corrected chi connectivity index (χ3v) is 5.56. The molecule has 0 aliphatic rings. The van der Waals surface area contributed by atoms with Crippen molar-refractivity contribution in [3.8, 4) is 5.75 Å². The highest BCUT2D eigenvalue weighted by Crippen LogP contribution is 2.33. The van der Waals surface area contributed by atoms with Gasteiger partial charge in [0.2, 0.25) is 5.56 Å². The number of benzene rings is 2. The predicted octanol–water partition coefficient (Wildman–Crippen LogP) is 6.14. The molecule has 4 nitrogen and oxygen atoms in total. The fraction of sp³-hybridized carbons (Fsp3) is 0.375. The van der Waals surface area contributed by atoms with Crippen molar-refractivity contribution in [2.24, 2.45) is 0 Å². The van der Waals surface area contributed by atoms with Crippen molar-refractivity contribution in [3.05, 3.63) is 76.1 Å². The van der Waals surface area contributed by atoms with Crippen LogP contribution in [0, 0.1) is 0 Å². The predicted molar refractivity (Wildman–Crippen MR) is 122 cm³/mol. The van der Waals surface area contributed by atoms with Crippen LogP contribution in [0.5, 0.6) is 5.75 Å².